The Morgan fingerprint density at radius 2 is 1.84 bits per heavy atom. The van der Waals surface area contributed by atoms with Crippen molar-refractivity contribution in [2.24, 2.45) is 0 Å². The fourth-order valence-corrected chi connectivity index (χ4v) is 4.25. The Balaban J connectivity index is 2.24. The summed E-state index contributed by atoms with van der Waals surface area (Å²) < 4.78 is 26.1. The van der Waals surface area contributed by atoms with Crippen LogP contribution < -0.4 is 0 Å². The van der Waals surface area contributed by atoms with E-state index in [9.17, 15) is 8.42 Å². The molecule has 0 fully saturated rings. The van der Waals surface area contributed by atoms with Crippen molar-refractivity contribution < 1.29 is 8.42 Å². The van der Waals surface area contributed by atoms with Crippen LogP contribution in [-0.2, 0) is 10.0 Å². The van der Waals surface area contributed by atoms with Gasteiger partial charge in [0.25, 0.3) is 0 Å². The monoisotopic (exact) mass is 293 g/mol. The third kappa shape index (κ3) is 1.87. The molecule has 0 saturated heterocycles. The summed E-state index contributed by atoms with van der Waals surface area (Å²) in [5.74, 6) is 0. The van der Waals surface area contributed by atoms with Crippen LogP contribution in [0.25, 0.3) is 0 Å². The van der Waals surface area contributed by atoms with E-state index >= 15 is 0 Å². The van der Waals surface area contributed by atoms with Gasteiger partial charge in [0, 0.05) is 12.1 Å². The van der Waals surface area contributed by atoms with Gasteiger partial charge in [0.1, 0.15) is 0 Å². The molecule has 0 aromatic heterocycles. The molecule has 0 saturated carbocycles. The van der Waals surface area contributed by atoms with Gasteiger partial charge >= 0.3 is 0 Å². The van der Waals surface area contributed by atoms with Crippen molar-refractivity contribution in [2.45, 2.75) is 10.9 Å². The average molecular weight is 294 g/mol. The summed E-state index contributed by atoms with van der Waals surface area (Å²) in [6.45, 7) is 0. The molecule has 1 atom stereocenters. The first kappa shape index (κ1) is 12.7. The van der Waals surface area contributed by atoms with Gasteiger partial charge in [-0.05, 0) is 29.3 Å². The quantitative estimate of drug-likeness (QED) is 0.810. The van der Waals surface area contributed by atoms with Crippen molar-refractivity contribution in [1.29, 1.82) is 0 Å². The van der Waals surface area contributed by atoms with Crippen molar-refractivity contribution >= 4 is 21.6 Å². The molecule has 0 radical (unpaired) electrons. The van der Waals surface area contributed by atoms with Gasteiger partial charge in [0.2, 0.25) is 10.0 Å². The zero-order chi connectivity index (χ0) is 13.6. The van der Waals surface area contributed by atoms with Crippen LogP contribution >= 0.6 is 11.6 Å². The number of halogens is 1. The molecule has 3 rings (SSSR count). The molecular formula is C14H12ClNO2S. The molecule has 1 aliphatic rings. The smallest absolute Gasteiger partial charge is 0.207 e. The first-order chi connectivity index (χ1) is 9.01. The first-order valence-electron chi connectivity index (χ1n) is 5.84. The molecule has 2 aromatic carbocycles. The number of nitrogens with zero attached hydrogens (tertiary/aromatic N) is 1. The van der Waals surface area contributed by atoms with E-state index in [0.29, 0.717) is 9.92 Å². The molecule has 1 aliphatic heterocycles. The van der Waals surface area contributed by atoms with Gasteiger partial charge in [-0.2, -0.15) is 4.31 Å². The molecule has 98 valence electrons. The molecule has 0 N–H and O–H groups in total. The predicted octanol–water partition coefficient (Wildman–Crippen LogP) is 3.06. The van der Waals surface area contributed by atoms with E-state index in [4.69, 9.17) is 11.6 Å². The Morgan fingerprint density at radius 3 is 2.58 bits per heavy atom. The van der Waals surface area contributed by atoms with Gasteiger partial charge in [-0.25, -0.2) is 8.42 Å². The van der Waals surface area contributed by atoms with Crippen molar-refractivity contribution in [2.75, 3.05) is 7.05 Å². The van der Waals surface area contributed by atoms with Crippen molar-refractivity contribution in [3.63, 3.8) is 0 Å². The van der Waals surface area contributed by atoms with Gasteiger partial charge in [-0.15, -0.1) is 0 Å². The van der Waals surface area contributed by atoms with E-state index in [2.05, 4.69) is 0 Å². The van der Waals surface area contributed by atoms with E-state index < -0.39 is 10.0 Å². The Hall–Kier alpha value is -1.36. The van der Waals surface area contributed by atoms with E-state index in [1.165, 1.54) is 4.31 Å². The highest BCUT2D eigenvalue weighted by Crippen LogP contribution is 2.42. The fraction of sp³-hybridized carbons (Fsp3) is 0.143. The minimum atomic E-state index is -3.40. The first-order valence-corrected chi connectivity index (χ1v) is 7.66. The van der Waals surface area contributed by atoms with Gasteiger partial charge in [0.05, 0.1) is 10.9 Å². The molecular weight excluding hydrogens is 282 g/mol. The minimum Gasteiger partial charge on any atom is -0.207 e. The van der Waals surface area contributed by atoms with E-state index in [1.807, 2.05) is 24.3 Å². The summed E-state index contributed by atoms with van der Waals surface area (Å²) in [4.78, 5) is 0.377. The number of hydrogen-bond acceptors (Lipinski definition) is 2. The second-order valence-electron chi connectivity index (χ2n) is 4.52. The largest absolute Gasteiger partial charge is 0.244 e. The summed E-state index contributed by atoms with van der Waals surface area (Å²) in [6, 6.07) is 14.1. The normalized spacial score (nSPS) is 21.3. The molecule has 0 amide bonds. The Bertz CT molecular complexity index is 743. The summed E-state index contributed by atoms with van der Waals surface area (Å²) in [5.41, 5.74) is 1.68. The van der Waals surface area contributed by atoms with E-state index in [-0.39, 0.29) is 6.04 Å². The molecule has 2 aromatic rings. The van der Waals surface area contributed by atoms with Gasteiger partial charge in [-0.3, -0.25) is 0 Å². The second kappa shape index (κ2) is 4.34. The SMILES string of the molecule is CN1[C@H](c2cccc(Cl)c2)c2ccccc2S1(=O)=O. The molecule has 0 bridgehead atoms. The summed E-state index contributed by atoms with van der Waals surface area (Å²) >= 11 is 6.00. The summed E-state index contributed by atoms with van der Waals surface area (Å²) in [6.07, 6.45) is 0. The lowest BCUT2D eigenvalue weighted by molar-refractivity contribution is 0.440. The average Bonchev–Trinajstić information content (AvgIpc) is 2.58. The van der Waals surface area contributed by atoms with Crippen molar-refractivity contribution in [1.82, 2.24) is 4.31 Å². The van der Waals surface area contributed by atoms with Crippen LogP contribution in [0.15, 0.2) is 53.4 Å². The van der Waals surface area contributed by atoms with E-state index in [0.717, 1.165) is 11.1 Å². The standard InChI is InChI=1S/C14H12ClNO2S/c1-16-14(10-5-4-6-11(15)9-10)12-7-2-3-8-13(12)19(16,17)18/h2-9,14H,1H3/t14-/m1/s1. The number of benzene rings is 2. The van der Waals surface area contributed by atoms with Crippen LogP contribution in [0.1, 0.15) is 17.2 Å². The van der Waals surface area contributed by atoms with Crippen LogP contribution in [-0.4, -0.2) is 19.8 Å². The van der Waals surface area contributed by atoms with Gasteiger partial charge < -0.3 is 0 Å². The molecule has 0 unspecified atom stereocenters. The van der Waals surface area contributed by atoms with Crippen LogP contribution in [0, 0.1) is 0 Å². The summed E-state index contributed by atoms with van der Waals surface area (Å²) in [5, 5.41) is 0.604. The highest BCUT2D eigenvalue weighted by molar-refractivity contribution is 7.89. The topological polar surface area (TPSA) is 37.4 Å². The molecule has 3 nitrogen and oxygen atoms in total. The van der Waals surface area contributed by atoms with Gasteiger partial charge in [-0.1, -0.05) is 41.9 Å². The maximum absolute atomic E-state index is 12.3. The third-order valence-corrected chi connectivity index (χ3v) is 5.53. The molecule has 19 heavy (non-hydrogen) atoms. The van der Waals surface area contributed by atoms with Crippen molar-refractivity contribution in [3.8, 4) is 0 Å². The highest BCUT2D eigenvalue weighted by Gasteiger charge is 2.40. The zero-order valence-corrected chi connectivity index (χ0v) is 11.8. The highest BCUT2D eigenvalue weighted by atomic mass is 35.5. The fourth-order valence-electron chi connectivity index (χ4n) is 2.50. The van der Waals surface area contributed by atoms with Gasteiger partial charge in [0.15, 0.2) is 0 Å². The predicted molar refractivity (Wildman–Crippen MR) is 74.7 cm³/mol. The number of fused-ring (bicyclic) bond motifs is 1. The maximum Gasteiger partial charge on any atom is 0.244 e. The van der Waals surface area contributed by atoms with Crippen LogP contribution in [0.2, 0.25) is 5.02 Å². The second-order valence-corrected chi connectivity index (χ2v) is 6.92. The number of rotatable bonds is 1. The van der Waals surface area contributed by atoms with Crippen LogP contribution in [0.5, 0.6) is 0 Å². The number of sulfonamides is 1. The molecule has 0 aliphatic carbocycles. The molecule has 5 heteroatoms. The lowest BCUT2D eigenvalue weighted by atomic mass is 9.99. The van der Waals surface area contributed by atoms with Crippen LogP contribution in [0.4, 0.5) is 0 Å². The van der Waals surface area contributed by atoms with Crippen LogP contribution in [0.3, 0.4) is 0 Å². The maximum atomic E-state index is 12.3. The number of hydrogen-bond donors (Lipinski definition) is 0. The van der Waals surface area contributed by atoms with Crippen molar-refractivity contribution in [3.05, 3.63) is 64.7 Å². The summed E-state index contributed by atoms with van der Waals surface area (Å²) in [7, 11) is -1.81. The lowest BCUT2D eigenvalue weighted by Crippen LogP contribution is -2.24. The zero-order valence-electron chi connectivity index (χ0n) is 10.2. The third-order valence-electron chi connectivity index (χ3n) is 3.40. The Labute approximate surface area is 117 Å². The van der Waals surface area contributed by atoms with E-state index in [1.54, 1.807) is 31.3 Å². The minimum absolute atomic E-state index is 0.306. The Kier molecular flexibility index (Phi) is 2.89. The molecule has 1 heterocycles. The molecule has 0 spiro atoms. The Morgan fingerprint density at radius 1 is 1.11 bits per heavy atom. The lowest BCUT2D eigenvalue weighted by Gasteiger charge is -2.19.